The van der Waals surface area contributed by atoms with Crippen molar-refractivity contribution < 1.29 is 9.90 Å². The Morgan fingerprint density at radius 1 is 1.46 bits per heavy atom. The molecule has 13 heavy (non-hydrogen) atoms. The molecule has 1 rings (SSSR count). The maximum atomic E-state index is 11.6. The number of carbonyl (C=O) groups is 1. The van der Waals surface area contributed by atoms with Gasteiger partial charge < -0.3 is 14.9 Å². The van der Waals surface area contributed by atoms with Crippen LogP contribution >= 0.6 is 0 Å². The van der Waals surface area contributed by atoms with Crippen molar-refractivity contribution in [1.29, 1.82) is 0 Å². The predicted molar refractivity (Wildman–Crippen MR) is 50.4 cm³/mol. The first-order valence-corrected chi connectivity index (χ1v) is 4.70. The summed E-state index contributed by atoms with van der Waals surface area (Å²) in [5.74, 6) is 0.126. The molecule has 0 spiro atoms. The molecule has 1 amide bonds. The van der Waals surface area contributed by atoms with Crippen LogP contribution in [0.5, 0.6) is 0 Å². The quantitative estimate of drug-likeness (QED) is 0.631. The molecule has 0 aromatic heterocycles. The highest BCUT2D eigenvalue weighted by Gasteiger charge is 2.31. The van der Waals surface area contributed by atoms with E-state index in [9.17, 15) is 4.79 Å². The molecular weight excluding hydrogens is 168 g/mol. The molecule has 1 aliphatic rings. The van der Waals surface area contributed by atoms with Gasteiger partial charge in [0.1, 0.15) is 0 Å². The van der Waals surface area contributed by atoms with Crippen molar-refractivity contribution in [3.63, 3.8) is 0 Å². The van der Waals surface area contributed by atoms with Gasteiger partial charge in [0.05, 0.1) is 13.2 Å². The topological polar surface area (TPSA) is 43.8 Å². The van der Waals surface area contributed by atoms with Gasteiger partial charge in [-0.1, -0.05) is 0 Å². The number of nitrogens with zero attached hydrogens (tertiary/aromatic N) is 2. The van der Waals surface area contributed by atoms with Crippen molar-refractivity contribution in [2.45, 2.75) is 18.9 Å². The zero-order valence-electron chi connectivity index (χ0n) is 8.36. The minimum Gasteiger partial charge on any atom is -0.395 e. The summed E-state index contributed by atoms with van der Waals surface area (Å²) in [7, 11) is 3.75. The van der Waals surface area contributed by atoms with E-state index in [4.69, 9.17) is 5.11 Å². The van der Waals surface area contributed by atoms with Crippen molar-refractivity contribution >= 4 is 5.91 Å². The van der Waals surface area contributed by atoms with E-state index in [0.717, 1.165) is 12.8 Å². The summed E-state index contributed by atoms with van der Waals surface area (Å²) in [5.41, 5.74) is 0. The predicted octanol–water partition coefficient (Wildman–Crippen LogP) is -0.469. The van der Waals surface area contributed by atoms with Crippen LogP contribution in [-0.2, 0) is 4.79 Å². The van der Waals surface area contributed by atoms with Gasteiger partial charge in [0.15, 0.2) is 0 Å². The average Bonchev–Trinajstić information content (AvgIpc) is 2.81. The third-order valence-corrected chi connectivity index (χ3v) is 2.10. The highest BCUT2D eigenvalue weighted by atomic mass is 16.3. The fourth-order valence-electron chi connectivity index (χ4n) is 1.37. The molecule has 1 fully saturated rings. The molecule has 0 heterocycles. The lowest BCUT2D eigenvalue weighted by molar-refractivity contribution is -0.132. The van der Waals surface area contributed by atoms with Crippen LogP contribution in [-0.4, -0.2) is 60.6 Å². The minimum absolute atomic E-state index is 0.0651. The van der Waals surface area contributed by atoms with Gasteiger partial charge in [-0.3, -0.25) is 4.79 Å². The monoisotopic (exact) mass is 186 g/mol. The lowest BCUT2D eigenvalue weighted by Gasteiger charge is -2.23. The van der Waals surface area contributed by atoms with Gasteiger partial charge in [-0.25, -0.2) is 0 Å². The van der Waals surface area contributed by atoms with Crippen LogP contribution in [0.1, 0.15) is 12.8 Å². The van der Waals surface area contributed by atoms with Crippen LogP contribution in [0.15, 0.2) is 0 Å². The Morgan fingerprint density at radius 3 is 2.46 bits per heavy atom. The van der Waals surface area contributed by atoms with Crippen molar-refractivity contribution in [3.8, 4) is 0 Å². The van der Waals surface area contributed by atoms with Crippen LogP contribution in [0.2, 0.25) is 0 Å². The zero-order valence-corrected chi connectivity index (χ0v) is 8.36. The Kier molecular flexibility index (Phi) is 3.69. The second-order valence-corrected chi connectivity index (χ2v) is 3.78. The van der Waals surface area contributed by atoms with E-state index in [-0.39, 0.29) is 12.5 Å². The molecule has 0 saturated heterocycles. The maximum Gasteiger partial charge on any atom is 0.237 e. The molecule has 0 atom stereocenters. The molecule has 0 aromatic carbocycles. The zero-order chi connectivity index (χ0) is 9.84. The molecule has 1 aliphatic carbocycles. The summed E-state index contributed by atoms with van der Waals surface area (Å²) in [6.07, 6.45) is 2.19. The van der Waals surface area contributed by atoms with Crippen molar-refractivity contribution in [2.75, 3.05) is 33.8 Å². The third kappa shape index (κ3) is 3.32. The van der Waals surface area contributed by atoms with Gasteiger partial charge in [0.2, 0.25) is 5.91 Å². The highest BCUT2D eigenvalue weighted by molar-refractivity contribution is 5.78. The number of aliphatic hydroxyl groups excluding tert-OH is 1. The highest BCUT2D eigenvalue weighted by Crippen LogP contribution is 2.26. The van der Waals surface area contributed by atoms with E-state index in [2.05, 4.69) is 0 Å². The maximum absolute atomic E-state index is 11.6. The molecule has 1 saturated carbocycles. The SMILES string of the molecule is CN(C)CC(=O)N(CCO)C1CC1. The molecule has 4 nitrogen and oxygen atoms in total. The Hall–Kier alpha value is -0.610. The Labute approximate surface area is 79.1 Å². The van der Waals surface area contributed by atoms with Gasteiger partial charge >= 0.3 is 0 Å². The van der Waals surface area contributed by atoms with Crippen molar-refractivity contribution in [2.24, 2.45) is 0 Å². The van der Waals surface area contributed by atoms with Gasteiger partial charge in [-0.05, 0) is 26.9 Å². The lowest BCUT2D eigenvalue weighted by atomic mass is 10.4. The van der Waals surface area contributed by atoms with E-state index in [0.29, 0.717) is 19.1 Å². The molecule has 0 aromatic rings. The minimum atomic E-state index is 0.0651. The summed E-state index contributed by atoms with van der Waals surface area (Å²) >= 11 is 0. The Balaban J connectivity index is 2.38. The largest absolute Gasteiger partial charge is 0.395 e. The Morgan fingerprint density at radius 2 is 2.08 bits per heavy atom. The second-order valence-electron chi connectivity index (χ2n) is 3.78. The fraction of sp³-hybridized carbons (Fsp3) is 0.889. The summed E-state index contributed by atoms with van der Waals surface area (Å²) in [5, 5.41) is 8.79. The van der Waals surface area contributed by atoms with E-state index >= 15 is 0 Å². The molecule has 4 heteroatoms. The number of amides is 1. The smallest absolute Gasteiger partial charge is 0.237 e. The van der Waals surface area contributed by atoms with Gasteiger partial charge in [0.25, 0.3) is 0 Å². The number of hydrogen-bond donors (Lipinski definition) is 1. The van der Waals surface area contributed by atoms with Crippen LogP contribution in [0.3, 0.4) is 0 Å². The van der Waals surface area contributed by atoms with Crippen LogP contribution in [0.4, 0.5) is 0 Å². The van der Waals surface area contributed by atoms with Crippen LogP contribution in [0, 0.1) is 0 Å². The first kappa shape index (κ1) is 10.5. The van der Waals surface area contributed by atoms with Crippen molar-refractivity contribution in [3.05, 3.63) is 0 Å². The summed E-state index contributed by atoms with van der Waals surface area (Å²) < 4.78 is 0. The average molecular weight is 186 g/mol. The Bertz CT molecular complexity index is 178. The van der Waals surface area contributed by atoms with Crippen LogP contribution in [0.25, 0.3) is 0 Å². The molecule has 1 N–H and O–H groups in total. The fourth-order valence-corrected chi connectivity index (χ4v) is 1.37. The summed E-state index contributed by atoms with van der Waals surface area (Å²) in [4.78, 5) is 15.2. The van der Waals surface area contributed by atoms with E-state index in [1.54, 1.807) is 4.90 Å². The number of likely N-dealkylation sites (N-methyl/N-ethyl adjacent to an activating group) is 1. The summed E-state index contributed by atoms with van der Waals surface area (Å²) in [6, 6.07) is 0.402. The lowest BCUT2D eigenvalue weighted by Crippen LogP contribution is -2.40. The number of carbonyl (C=O) groups excluding carboxylic acids is 1. The van der Waals surface area contributed by atoms with Gasteiger partial charge in [-0.15, -0.1) is 0 Å². The molecule has 0 unspecified atom stereocenters. The van der Waals surface area contributed by atoms with Crippen molar-refractivity contribution in [1.82, 2.24) is 9.80 Å². The van der Waals surface area contributed by atoms with E-state index in [1.807, 2.05) is 19.0 Å². The van der Waals surface area contributed by atoms with Gasteiger partial charge in [0, 0.05) is 12.6 Å². The molecule has 0 bridgehead atoms. The molecule has 0 radical (unpaired) electrons. The van der Waals surface area contributed by atoms with E-state index < -0.39 is 0 Å². The molecule has 0 aliphatic heterocycles. The number of rotatable bonds is 5. The van der Waals surface area contributed by atoms with E-state index in [1.165, 1.54) is 0 Å². The van der Waals surface area contributed by atoms with Crippen LogP contribution < -0.4 is 0 Å². The normalized spacial score (nSPS) is 16.3. The number of hydrogen-bond acceptors (Lipinski definition) is 3. The first-order valence-electron chi connectivity index (χ1n) is 4.70. The molecular formula is C9H18N2O2. The first-order chi connectivity index (χ1) is 6.15. The molecule has 76 valence electrons. The standard InChI is InChI=1S/C9H18N2O2/c1-10(2)7-9(13)11(5-6-12)8-3-4-8/h8,12H,3-7H2,1-2H3. The second kappa shape index (κ2) is 4.58. The summed E-state index contributed by atoms with van der Waals surface area (Å²) in [6.45, 7) is 0.990. The third-order valence-electron chi connectivity index (χ3n) is 2.10. The number of aliphatic hydroxyl groups is 1. The van der Waals surface area contributed by atoms with Gasteiger partial charge in [-0.2, -0.15) is 0 Å².